The van der Waals surface area contributed by atoms with Crippen molar-refractivity contribution in [3.63, 3.8) is 0 Å². The standard InChI is InChI=1S/C15H18FNO2/c16-12-6-4-10(5-7-12)8-17-9-11-2-1-3-13(11)14(17)15(18)19/h4-7,11,13-14H,1-3,8-9H2,(H,18,19). The molecule has 0 spiro atoms. The van der Waals surface area contributed by atoms with Crippen LogP contribution in [0.25, 0.3) is 0 Å². The monoisotopic (exact) mass is 263 g/mol. The number of aliphatic carboxylic acids is 1. The van der Waals surface area contributed by atoms with Crippen LogP contribution >= 0.6 is 0 Å². The van der Waals surface area contributed by atoms with Gasteiger partial charge in [0, 0.05) is 13.1 Å². The lowest BCUT2D eigenvalue weighted by atomic mass is 9.94. The van der Waals surface area contributed by atoms with Crippen molar-refractivity contribution >= 4 is 5.97 Å². The molecule has 0 radical (unpaired) electrons. The van der Waals surface area contributed by atoms with Crippen LogP contribution in [0.5, 0.6) is 0 Å². The number of carboxylic acids is 1. The number of carbonyl (C=O) groups is 1. The predicted molar refractivity (Wildman–Crippen MR) is 69.1 cm³/mol. The van der Waals surface area contributed by atoms with Gasteiger partial charge in [0.15, 0.2) is 0 Å². The van der Waals surface area contributed by atoms with E-state index in [0.717, 1.165) is 31.4 Å². The summed E-state index contributed by atoms with van der Waals surface area (Å²) in [6, 6.07) is 5.98. The van der Waals surface area contributed by atoms with Crippen molar-refractivity contribution in [2.75, 3.05) is 6.54 Å². The molecule has 4 heteroatoms. The van der Waals surface area contributed by atoms with Gasteiger partial charge >= 0.3 is 5.97 Å². The predicted octanol–water partition coefficient (Wildman–Crippen LogP) is 2.51. The van der Waals surface area contributed by atoms with E-state index in [4.69, 9.17) is 0 Å². The molecule has 1 aromatic rings. The molecule has 1 heterocycles. The van der Waals surface area contributed by atoms with Gasteiger partial charge in [-0.3, -0.25) is 9.69 Å². The van der Waals surface area contributed by atoms with E-state index < -0.39 is 5.97 Å². The Morgan fingerprint density at radius 2 is 2.05 bits per heavy atom. The second-order valence-corrected chi connectivity index (χ2v) is 5.69. The van der Waals surface area contributed by atoms with Gasteiger partial charge in [0.25, 0.3) is 0 Å². The zero-order chi connectivity index (χ0) is 13.4. The van der Waals surface area contributed by atoms with Crippen molar-refractivity contribution in [3.8, 4) is 0 Å². The molecule has 2 fully saturated rings. The minimum atomic E-state index is -0.712. The van der Waals surface area contributed by atoms with Gasteiger partial charge in [-0.15, -0.1) is 0 Å². The molecule has 2 aliphatic rings. The highest BCUT2D eigenvalue weighted by atomic mass is 19.1. The van der Waals surface area contributed by atoms with Crippen LogP contribution in [0.15, 0.2) is 24.3 Å². The lowest BCUT2D eigenvalue weighted by molar-refractivity contribution is -0.143. The Labute approximate surface area is 112 Å². The number of benzene rings is 1. The van der Waals surface area contributed by atoms with Gasteiger partial charge in [0.1, 0.15) is 11.9 Å². The van der Waals surface area contributed by atoms with Crippen LogP contribution in [0.2, 0.25) is 0 Å². The summed E-state index contributed by atoms with van der Waals surface area (Å²) < 4.78 is 12.9. The van der Waals surface area contributed by atoms with Crippen LogP contribution in [-0.2, 0) is 11.3 Å². The summed E-state index contributed by atoms with van der Waals surface area (Å²) in [6.45, 7) is 1.46. The Hall–Kier alpha value is -1.42. The fraction of sp³-hybridized carbons (Fsp3) is 0.533. The Morgan fingerprint density at radius 3 is 2.74 bits per heavy atom. The number of hydrogen-bond donors (Lipinski definition) is 1. The molecule has 0 aromatic heterocycles. The molecule has 0 amide bonds. The molecule has 1 N–H and O–H groups in total. The van der Waals surface area contributed by atoms with E-state index in [2.05, 4.69) is 0 Å². The quantitative estimate of drug-likeness (QED) is 0.911. The van der Waals surface area contributed by atoms with E-state index in [0.29, 0.717) is 18.4 Å². The number of likely N-dealkylation sites (tertiary alicyclic amines) is 1. The fourth-order valence-corrected chi connectivity index (χ4v) is 3.72. The minimum Gasteiger partial charge on any atom is -0.480 e. The van der Waals surface area contributed by atoms with Gasteiger partial charge in [-0.1, -0.05) is 18.6 Å². The second kappa shape index (κ2) is 4.93. The first-order valence-electron chi connectivity index (χ1n) is 6.86. The van der Waals surface area contributed by atoms with Crippen LogP contribution in [0.3, 0.4) is 0 Å². The molecule has 3 nitrogen and oxygen atoms in total. The molecule has 3 atom stereocenters. The van der Waals surface area contributed by atoms with Crippen molar-refractivity contribution in [1.29, 1.82) is 0 Å². The maximum Gasteiger partial charge on any atom is 0.321 e. The van der Waals surface area contributed by atoms with Crippen LogP contribution < -0.4 is 0 Å². The largest absolute Gasteiger partial charge is 0.480 e. The Kier molecular flexibility index (Phi) is 3.27. The van der Waals surface area contributed by atoms with Gasteiger partial charge < -0.3 is 5.11 Å². The third-order valence-corrected chi connectivity index (χ3v) is 4.54. The zero-order valence-corrected chi connectivity index (χ0v) is 10.8. The summed E-state index contributed by atoms with van der Waals surface area (Å²) >= 11 is 0. The molecule has 3 unspecified atom stereocenters. The first kappa shape index (κ1) is 12.6. The van der Waals surface area contributed by atoms with E-state index in [9.17, 15) is 14.3 Å². The summed E-state index contributed by atoms with van der Waals surface area (Å²) in [5.41, 5.74) is 0.979. The first-order valence-corrected chi connectivity index (χ1v) is 6.86. The molecular weight excluding hydrogens is 245 g/mol. The highest BCUT2D eigenvalue weighted by Gasteiger charge is 2.47. The molecular formula is C15H18FNO2. The average molecular weight is 263 g/mol. The molecule has 1 aromatic carbocycles. The molecule has 3 rings (SSSR count). The number of nitrogens with zero attached hydrogens (tertiary/aromatic N) is 1. The number of fused-ring (bicyclic) bond motifs is 1. The molecule has 1 saturated carbocycles. The lowest BCUT2D eigenvalue weighted by Crippen LogP contribution is -2.39. The van der Waals surface area contributed by atoms with Crippen molar-refractivity contribution in [1.82, 2.24) is 4.90 Å². The summed E-state index contributed by atoms with van der Waals surface area (Å²) in [5, 5.41) is 9.45. The Bertz CT molecular complexity index is 474. The summed E-state index contributed by atoms with van der Waals surface area (Å²) in [5.74, 6) is -0.132. The van der Waals surface area contributed by atoms with Gasteiger partial charge in [0.05, 0.1) is 0 Å². The van der Waals surface area contributed by atoms with Crippen LogP contribution in [0.4, 0.5) is 4.39 Å². The molecule has 102 valence electrons. The summed E-state index contributed by atoms with van der Waals surface area (Å²) in [6.07, 6.45) is 3.33. The smallest absolute Gasteiger partial charge is 0.321 e. The highest BCUT2D eigenvalue weighted by Crippen LogP contribution is 2.42. The summed E-state index contributed by atoms with van der Waals surface area (Å²) in [7, 11) is 0. The van der Waals surface area contributed by atoms with Gasteiger partial charge in [-0.2, -0.15) is 0 Å². The molecule has 19 heavy (non-hydrogen) atoms. The van der Waals surface area contributed by atoms with E-state index in [1.54, 1.807) is 12.1 Å². The van der Waals surface area contributed by atoms with E-state index in [1.165, 1.54) is 12.1 Å². The Balaban J connectivity index is 1.76. The number of halogens is 1. The minimum absolute atomic E-state index is 0.253. The molecule has 1 saturated heterocycles. The van der Waals surface area contributed by atoms with Crippen LogP contribution in [-0.4, -0.2) is 28.6 Å². The zero-order valence-electron chi connectivity index (χ0n) is 10.8. The van der Waals surface area contributed by atoms with Crippen LogP contribution in [0, 0.1) is 17.7 Å². The molecule has 0 bridgehead atoms. The maximum absolute atomic E-state index is 12.9. The third-order valence-electron chi connectivity index (χ3n) is 4.54. The Morgan fingerprint density at radius 1 is 1.32 bits per heavy atom. The van der Waals surface area contributed by atoms with Crippen molar-refractivity contribution in [2.45, 2.75) is 31.8 Å². The second-order valence-electron chi connectivity index (χ2n) is 5.69. The van der Waals surface area contributed by atoms with Gasteiger partial charge in [-0.05, 0) is 42.4 Å². The number of hydrogen-bond acceptors (Lipinski definition) is 2. The van der Waals surface area contributed by atoms with Gasteiger partial charge in [-0.25, -0.2) is 4.39 Å². The van der Waals surface area contributed by atoms with Crippen molar-refractivity contribution in [3.05, 3.63) is 35.6 Å². The van der Waals surface area contributed by atoms with Crippen molar-refractivity contribution in [2.24, 2.45) is 11.8 Å². The van der Waals surface area contributed by atoms with E-state index >= 15 is 0 Å². The van der Waals surface area contributed by atoms with E-state index in [1.807, 2.05) is 4.90 Å². The average Bonchev–Trinajstić information content (AvgIpc) is 2.91. The lowest BCUT2D eigenvalue weighted by Gasteiger charge is -2.24. The number of carboxylic acid groups (broad SMARTS) is 1. The maximum atomic E-state index is 12.9. The fourth-order valence-electron chi connectivity index (χ4n) is 3.72. The molecule has 1 aliphatic carbocycles. The van der Waals surface area contributed by atoms with Crippen molar-refractivity contribution < 1.29 is 14.3 Å². The van der Waals surface area contributed by atoms with E-state index in [-0.39, 0.29) is 11.9 Å². The normalized spacial score (nSPS) is 30.5. The molecule has 1 aliphatic heterocycles. The van der Waals surface area contributed by atoms with Crippen LogP contribution in [0.1, 0.15) is 24.8 Å². The number of rotatable bonds is 3. The highest BCUT2D eigenvalue weighted by molar-refractivity contribution is 5.74. The SMILES string of the molecule is O=C(O)C1C2CCCC2CN1Cc1ccc(F)cc1. The third kappa shape index (κ3) is 2.37. The van der Waals surface area contributed by atoms with Gasteiger partial charge in [0.2, 0.25) is 0 Å². The first-order chi connectivity index (χ1) is 9.15. The summed E-state index contributed by atoms with van der Waals surface area (Å²) in [4.78, 5) is 13.5. The topological polar surface area (TPSA) is 40.5 Å².